The molecule has 0 bridgehead atoms. The number of methoxy groups -OCH3 is 2. The van der Waals surface area contributed by atoms with E-state index < -0.39 is 23.8 Å². The van der Waals surface area contributed by atoms with Crippen molar-refractivity contribution in [2.45, 2.75) is 6.04 Å². The van der Waals surface area contributed by atoms with Gasteiger partial charge in [-0.2, -0.15) is 4.37 Å². The van der Waals surface area contributed by atoms with Gasteiger partial charge in [-0.15, -0.1) is 0 Å². The lowest BCUT2D eigenvalue weighted by atomic mass is 10.00. The van der Waals surface area contributed by atoms with Crippen LogP contribution < -0.4 is 26.4 Å². The second kappa shape index (κ2) is 11.7. The first-order valence-corrected chi connectivity index (χ1v) is 12.3. The van der Waals surface area contributed by atoms with Gasteiger partial charge in [0.1, 0.15) is 16.7 Å². The maximum Gasteiger partial charge on any atom is 0.273 e. The van der Waals surface area contributed by atoms with Crippen molar-refractivity contribution < 1.29 is 23.9 Å². The molecular weight excluding hydrogens is 508 g/mol. The van der Waals surface area contributed by atoms with Gasteiger partial charge in [-0.1, -0.05) is 12.1 Å². The summed E-state index contributed by atoms with van der Waals surface area (Å²) in [6.07, 6.45) is 1.67. The monoisotopic (exact) mass is 534 g/mol. The van der Waals surface area contributed by atoms with Crippen LogP contribution in [0.2, 0.25) is 0 Å². The van der Waals surface area contributed by atoms with Crippen LogP contribution in [0.4, 0.5) is 11.4 Å². The fraction of sp³-hybridized carbons (Fsp3) is 0.192. The van der Waals surface area contributed by atoms with Gasteiger partial charge < -0.3 is 26.3 Å². The van der Waals surface area contributed by atoms with E-state index in [0.717, 1.165) is 22.4 Å². The highest BCUT2D eigenvalue weighted by Crippen LogP contribution is 2.34. The molecule has 4 rings (SSSR count). The summed E-state index contributed by atoms with van der Waals surface area (Å²) in [5, 5.41) is 3.62. The van der Waals surface area contributed by atoms with Crippen LogP contribution in [0.1, 0.15) is 31.8 Å². The molecule has 5 N–H and O–H groups in total. The molecule has 0 saturated heterocycles. The third-order valence-corrected chi connectivity index (χ3v) is 6.63. The minimum atomic E-state index is -1.13. The van der Waals surface area contributed by atoms with Gasteiger partial charge in [-0.25, -0.2) is 0 Å². The molecule has 2 aromatic heterocycles. The smallest absolute Gasteiger partial charge is 0.273 e. The highest BCUT2D eigenvalue weighted by Gasteiger charge is 2.36. The van der Waals surface area contributed by atoms with Crippen molar-refractivity contribution in [2.75, 3.05) is 38.0 Å². The number of hydrogen-bond acceptors (Lipinski definition) is 9. The fourth-order valence-electron chi connectivity index (χ4n) is 3.92. The minimum absolute atomic E-state index is 0.0215. The van der Waals surface area contributed by atoms with E-state index in [0.29, 0.717) is 17.0 Å². The van der Waals surface area contributed by atoms with E-state index in [-0.39, 0.29) is 29.4 Å². The van der Waals surface area contributed by atoms with Gasteiger partial charge in [0.2, 0.25) is 5.91 Å². The predicted octanol–water partition coefficient (Wildman–Crippen LogP) is 2.53. The van der Waals surface area contributed by atoms with E-state index in [9.17, 15) is 14.4 Å². The number of amides is 3. The van der Waals surface area contributed by atoms with Crippen LogP contribution in [0.15, 0.2) is 60.8 Å². The van der Waals surface area contributed by atoms with Crippen molar-refractivity contribution in [3.63, 3.8) is 0 Å². The fourth-order valence-corrected chi connectivity index (χ4v) is 4.66. The molecule has 12 heteroatoms. The lowest BCUT2D eigenvalue weighted by Crippen LogP contribution is -2.44. The number of nitrogens with two attached hydrogens (primary N) is 2. The predicted molar refractivity (Wildman–Crippen MR) is 144 cm³/mol. The Hall–Kier alpha value is -4.55. The molecule has 0 fully saturated rings. The first kappa shape index (κ1) is 26.5. The molecule has 0 saturated carbocycles. The number of ether oxygens (including phenoxy) is 2. The average molecular weight is 535 g/mol. The van der Waals surface area contributed by atoms with Gasteiger partial charge in [0.15, 0.2) is 5.69 Å². The molecule has 196 valence electrons. The normalized spacial score (nSPS) is 11.6. The molecule has 0 spiro atoms. The largest absolute Gasteiger partial charge is 0.497 e. The molecule has 38 heavy (non-hydrogen) atoms. The highest BCUT2D eigenvalue weighted by molar-refractivity contribution is 7.09. The van der Waals surface area contributed by atoms with E-state index in [1.165, 1.54) is 19.1 Å². The number of rotatable bonds is 10. The van der Waals surface area contributed by atoms with Gasteiger partial charge in [0.25, 0.3) is 11.8 Å². The number of hydrogen-bond donors (Lipinski definition) is 3. The first-order valence-electron chi connectivity index (χ1n) is 11.5. The van der Waals surface area contributed by atoms with Gasteiger partial charge in [0.05, 0.1) is 24.9 Å². The lowest BCUT2D eigenvalue weighted by Gasteiger charge is -2.31. The highest BCUT2D eigenvalue weighted by atomic mass is 32.1. The molecule has 2 heterocycles. The average Bonchev–Trinajstić information content (AvgIpc) is 3.32. The Morgan fingerprint density at radius 1 is 1.11 bits per heavy atom. The number of nitrogen functional groups attached to an aromatic ring is 1. The molecule has 0 aliphatic rings. The molecule has 1 atom stereocenters. The van der Waals surface area contributed by atoms with Crippen molar-refractivity contribution in [1.82, 2.24) is 14.7 Å². The molecule has 4 aromatic rings. The molecule has 11 nitrogen and oxygen atoms in total. The summed E-state index contributed by atoms with van der Waals surface area (Å²) in [4.78, 5) is 45.2. The zero-order valence-corrected chi connectivity index (χ0v) is 21.5. The van der Waals surface area contributed by atoms with Crippen LogP contribution in [0.5, 0.6) is 5.75 Å². The van der Waals surface area contributed by atoms with E-state index in [4.69, 9.17) is 20.9 Å². The van der Waals surface area contributed by atoms with Crippen LogP contribution in [-0.2, 0) is 9.53 Å². The maximum atomic E-state index is 14.1. The number of nitrogens with zero attached hydrogens (tertiary/aromatic N) is 3. The van der Waals surface area contributed by atoms with E-state index in [2.05, 4.69) is 14.7 Å². The standard InChI is InChI=1S/C26H26N6O5S/c1-36-13-12-30-25(34)22(16-5-10-19-15(14-16)4-3-11-29-19)32(17-6-8-18(37-2)9-7-17)26(35)23-20(27)21(24(28)33)31-38-23/h3-11,14,22H,12-13,27H2,1-2H3,(H2,28,33)(H,30,34)/t22-/m0/s1. The number of carbonyl (C=O) groups is 3. The maximum absolute atomic E-state index is 14.1. The van der Waals surface area contributed by atoms with E-state index >= 15 is 0 Å². The topological polar surface area (TPSA) is 163 Å². The van der Waals surface area contributed by atoms with E-state index in [1.54, 1.807) is 54.7 Å². The van der Waals surface area contributed by atoms with Gasteiger partial charge in [0, 0.05) is 30.9 Å². The van der Waals surface area contributed by atoms with Crippen LogP contribution in [-0.4, -0.2) is 54.5 Å². The van der Waals surface area contributed by atoms with Gasteiger partial charge in [-0.05, 0) is 59.6 Å². The van der Waals surface area contributed by atoms with Crippen molar-refractivity contribution in [2.24, 2.45) is 5.73 Å². The number of benzene rings is 2. The van der Waals surface area contributed by atoms with E-state index in [1.807, 2.05) is 6.07 Å². The third-order valence-electron chi connectivity index (χ3n) is 5.78. The first-order chi connectivity index (χ1) is 18.3. The second-order valence-electron chi connectivity index (χ2n) is 8.15. The van der Waals surface area contributed by atoms with Gasteiger partial charge >= 0.3 is 0 Å². The van der Waals surface area contributed by atoms with Crippen molar-refractivity contribution in [1.29, 1.82) is 0 Å². The summed E-state index contributed by atoms with van der Waals surface area (Å²) < 4.78 is 14.3. The van der Waals surface area contributed by atoms with Crippen LogP contribution >= 0.6 is 11.5 Å². The molecular formula is C26H26N6O5S. The number of fused-ring (bicyclic) bond motifs is 1. The van der Waals surface area contributed by atoms with Crippen molar-refractivity contribution in [3.05, 3.63) is 76.9 Å². The number of carbonyl (C=O) groups excluding carboxylic acids is 3. The summed E-state index contributed by atoms with van der Waals surface area (Å²) in [5.74, 6) is -1.37. The third kappa shape index (κ3) is 5.41. The number of pyridine rings is 1. The summed E-state index contributed by atoms with van der Waals surface area (Å²) in [6.45, 7) is 0.500. The summed E-state index contributed by atoms with van der Waals surface area (Å²) in [6, 6.07) is 14.5. The Morgan fingerprint density at radius 2 is 1.87 bits per heavy atom. The Bertz CT molecular complexity index is 1470. The number of nitrogens with one attached hydrogen (secondary N) is 1. The minimum Gasteiger partial charge on any atom is -0.497 e. The van der Waals surface area contributed by atoms with Crippen LogP contribution in [0, 0.1) is 0 Å². The van der Waals surface area contributed by atoms with Gasteiger partial charge in [-0.3, -0.25) is 24.3 Å². The number of aromatic nitrogens is 2. The molecule has 0 unspecified atom stereocenters. The quantitative estimate of drug-likeness (QED) is 0.261. The van der Waals surface area contributed by atoms with Crippen molar-refractivity contribution >= 4 is 51.5 Å². The zero-order chi connectivity index (χ0) is 27.2. The summed E-state index contributed by atoms with van der Waals surface area (Å²) in [7, 11) is 3.05. The van der Waals surface area contributed by atoms with Crippen LogP contribution in [0.25, 0.3) is 10.9 Å². The molecule has 0 aliphatic carbocycles. The molecule has 2 aromatic carbocycles. The Kier molecular flexibility index (Phi) is 8.14. The summed E-state index contributed by atoms with van der Waals surface area (Å²) in [5.41, 5.74) is 12.8. The molecule has 0 radical (unpaired) electrons. The number of primary amides is 1. The second-order valence-corrected chi connectivity index (χ2v) is 8.93. The SMILES string of the molecule is COCCNC(=O)[C@H](c1ccc2ncccc2c1)N(C(=O)c1snc(C(N)=O)c1N)c1ccc(OC)cc1. The number of anilines is 2. The summed E-state index contributed by atoms with van der Waals surface area (Å²) >= 11 is 0.738. The molecule has 0 aliphatic heterocycles. The Morgan fingerprint density at radius 3 is 2.53 bits per heavy atom. The molecule has 3 amide bonds. The van der Waals surface area contributed by atoms with Crippen molar-refractivity contribution in [3.8, 4) is 5.75 Å². The Labute approximate surface area is 222 Å². The Balaban J connectivity index is 1.89. The zero-order valence-electron chi connectivity index (χ0n) is 20.7. The lowest BCUT2D eigenvalue weighted by molar-refractivity contribution is -0.122. The van der Waals surface area contributed by atoms with Crippen LogP contribution in [0.3, 0.4) is 0 Å².